The van der Waals surface area contributed by atoms with Crippen molar-refractivity contribution >= 4 is 11.8 Å². The Morgan fingerprint density at radius 2 is 1.76 bits per heavy atom. The monoisotopic (exact) mass is 444 g/mol. The molecule has 1 aromatic heterocycles. The highest BCUT2D eigenvalue weighted by Crippen LogP contribution is 2.28. The summed E-state index contributed by atoms with van der Waals surface area (Å²) < 4.78 is 5.74. The number of amides is 1. The second kappa shape index (κ2) is 11.6. The molecule has 0 radical (unpaired) electrons. The van der Waals surface area contributed by atoms with Crippen LogP contribution in [0.15, 0.2) is 79.0 Å². The highest BCUT2D eigenvalue weighted by atomic mass is 16.6. The molecule has 6 heteroatoms. The lowest BCUT2D eigenvalue weighted by molar-refractivity contribution is 0.0563. The number of ether oxygens (including phenoxy) is 1. The highest BCUT2D eigenvalue weighted by molar-refractivity contribution is 5.91. The van der Waals surface area contributed by atoms with Gasteiger partial charge in [-0.25, -0.2) is 4.79 Å². The quantitative estimate of drug-likeness (QED) is 0.536. The molecular formula is C27H32N4O2. The van der Waals surface area contributed by atoms with Crippen molar-refractivity contribution < 1.29 is 9.53 Å². The van der Waals surface area contributed by atoms with Crippen molar-refractivity contribution in [2.75, 3.05) is 38.5 Å². The van der Waals surface area contributed by atoms with Crippen LogP contribution in [0.2, 0.25) is 0 Å². The second-order valence-electron chi connectivity index (χ2n) is 8.54. The number of hydrogen-bond donors (Lipinski definition) is 1. The molecule has 2 aromatic carbocycles. The summed E-state index contributed by atoms with van der Waals surface area (Å²) in [4.78, 5) is 21.7. The molecule has 0 bridgehead atoms. The number of nitrogens with one attached hydrogen (secondary N) is 1. The lowest BCUT2D eigenvalue weighted by Crippen LogP contribution is -2.41. The third-order valence-electron chi connectivity index (χ3n) is 6.01. The van der Waals surface area contributed by atoms with E-state index in [0.29, 0.717) is 0 Å². The maximum Gasteiger partial charge on any atom is 0.411 e. The number of hydrogen-bond acceptors (Lipinski definition) is 5. The molecule has 1 saturated heterocycles. The second-order valence-corrected chi connectivity index (χ2v) is 8.54. The number of aromatic nitrogens is 1. The summed E-state index contributed by atoms with van der Waals surface area (Å²) in [6, 6.07) is 23.9. The Bertz CT molecular complexity index is 1000. The highest BCUT2D eigenvalue weighted by Gasteiger charge is 2.23. The van der Waals surface area contributed by atoms with E-state index < -0.39 is 0 Å². The van der Waals surface area contributed by atoms with Crippen LogP contribution in [0.1, 0.15) is 18.5 Å². The number of carbonyl (C=O) groups is 1. The summed E-state index contributed by atoms with van der Waals surface area (Å²) >= 11 is 0. The van der Waals surface area contributed by atoms with Crippen molar-refractivity contribution in [3.05, 3.63) is 84.7 Å². The summed E-state index contributed by atoms with van der Waals surface area (Å²) in [5.74, 6) is 0. The molecule has 172 valence electrons. The number of likely N-dealkylation sites (tertiary alicyclic amines) is 1. The molecule has 1 amide bonds. The van der Waals surface area contributed by atoms with Gasteiger partial charge in [0.2, 0.25) is 0 Å². The fraction of sp³-hybridized carbons (Fsp3) is 0.333. The van der Waals surface area contributed by atoms with Gasteiger partial charge in [0, 0.05) is 44.5 Å². The van der Waals surface area contributed by atoms with Crippen molar-refractivity contribution in [2.45, 2.75) is 25.5 Å². The number of carbonyl (C=O) groups excluding carboxylic acids is 1. The van der Waals surface area contributed by atoms with Gasteiger partial charge in [0.05, 0.1) is 11.4 Å². The summed E-state index contributed by atoms with van der Waals surface area (Å²) in [5, 5.41) is 2.94. The van der Waals surface area contributed by atoms with Crippen LogP contribution in [-0.4, -0.2) is 60.2 Å². The van der Waals surface area contributed by atoms with Gasteiger partial charge >= 0.3 is 6.09 Å². The SMILES string of the molecule is CN(CCN1CCC(OC(=O)Nc2ccccc2-c2ccccc2)CC1)Cc1ccccn1. The minimum atomic E-state index is -0.382. The molecule has 1 N–H and O–H groups in total. The number of nitrogens with zero attached hydrogens (tertiary/aromatic N) is 3. The van der Waals surface area contributed by atoms with E-state index in [0.717, 1.165) is 68.1 Å². The first-order chi connectivity index (χ1) is 16.2. The van der Waals surface area contributed by atoms with Crippen LogP contribution in [0, 0.1) is 0 Å². The summed E-state index contributed by atoms with van der Waals surface area (Å²) in [6.07, 6.45) is 3.13. The van der Waals surface area contributed by atoms with E-state index in [1.54, 1.807) is 0 Å². The van der Waals surface area contributed by atoms with Crippen molar-refractivity contribution in [3.63, 3.8) is 0 Å². The lowest BCUT2D eigenvalue weighted by Gasteiger charge is -2.32. The number of para-hydroxylation sites is 1. The van der Waals surface area contributed by atoms with Gasteiger partial charge in [-0.3, -0.25) is 15.2 Å². The maximum atomic E-state index is 12.6. The van der Waals surface area contributed by atoms with Crippen LogP contribution in [0.3, 0.4) is 0 Å². The van der Waals surface area contributed by atoms with Crippen molar-refractivity contribution in [3.8, 4) is 11.1 Å². The molecule has 1 aliphatic heterocycles. The number of pyridine rings is 1. The Morgan fingerprint density at radius 3 is 2.52 bits per heavy atom. The Hall–Kier alpha value is -3.22. The zero-order valence-electron chi connectivity index (χ0n) is 19.2. The number of anilines is 1. The Labute approximate surface area is 196 Å². The zero-order chi connectivity index (χ0) is 22.9. The first-order valence-corrected chi connectivity index (χ1v) is 11.6. The molecule has 0 saturated carbocycles. The van der Waals surface area contributed by atoms with Gasteiger partial charge < -0.3 is 9.64 Å². The topological polar surface area (TPSA) is 57.7 Å². The number of rotatable bonds is 8. The molecular weight excluding hydrogens is 412 g/mol. The smallest absolute Gasteiger partial charge is 0.411 e. The number of likely N-dealkylation sites (N-methyl/N-ethyl adjacent to an activating group) is 1. The standard InChI is InChI=1S/C27H32N4O2/c1-30(21-23-11-7-8-16-28-23)19-20-31-17-14-24(15-18-31)33-27(32)29-26-13-6-5-12-25(26)22-9-3-2-4-10-22/h2-13,16,24H,14-15,17-21H2,1H3,(H,29,32). The average Bonchev–Trinajstić information content (AvgIpc) is 2.85. The van der Waals surface area contributed by atoms with Crippen LogP contribution < -0.4 is 5.32 Å². The third-order valence-corrected chi connectivity index (χ3v) is 6.01. The van der Waals surface area contributed by atoms with Crippen molar-refractivity contribution in [1.29, 1.82) is 0 Å². The van der Waals surface area contributed by atoms with Crippen LogP contribution in [-0.2, 0) is 11.3 Å². The number of piperidine rings is 1. The maximum absolute atomic E-state index is 12.6. The molecule has 0 spiro atoms. The van der Waals surface area contributed by atoms with Crippen molar-refractivity contribution in [1.82, 2.24) is 14.8 Å². The molecule has 3 aromatic rings. The van der Waals surface area contributed by atoms with Gasteiger partial charge in [-0.2, -0.15) is 0 Å². The van der Waals surface area contributed by atoms with E-state index in [-0.39, 0.29) is 12.2 Å². The molecule has 0 atom stereocenters. The van der Waals surface area contributed by atoms with Crippen LogP contribution in [0.5, 0.6) is 0 Å². The summed E-state index contributed by atoms with van der Waals surface area (Å²) in [6.45, 7) is 4.72. The van der Waals surface area contributed by atoms with Crippen LogP contribution in [0.4, 0.5) is 10.5 Å². The summed E-state index contributed by atoms with van der Waals surface area (Å²) in [7, 11) is 2.13. The molecule has 4 rings (SSSR count). The zero-order valence-corrected chi connectivity index (χ0v) is 19.2. The molecule has 1 aliphatic rings. The van der Waals surface area contributed by atoms with Gasteiger partial charge in [0.25, 0.3) is 0 Å². The van der Waals surface area contributed by atoms with Crippen molar-refractivity contribution in [2.24, 2.45) is 0 Å². The van der Waals surface area contributed by atoms with Gasteiger partial charge in [-0.1, -0.05) is 54.6 Å². The van der Waals surface area contributed by atoms with E-state index in [4.69, 9.17) is 4.74 Å². The van der Waals surface area contributed by atoms with E-state index in [9.17, 15) is 4.79 Å². The molecule has 2 heterocycles. The van der Waals surface area contributed by atoms with E-state index >= 15 is 0 Å². The normalized spacial score (nSPS) is 14.8. The average molecular weight is 445 g/mol. The first kappa shape index (κ1) is 23.0. The molecule has 6 nitrogen and oxygen atoms in total. The first-order valence-electron chi connectivity index (χ1n) is 11.6. The predicted octanol–water partition coefficient (Wildman–Crippen LogP) is 4.89. The van der Waals surface area contributed by atoms with E-state index in [1.807, 2.05) is 72.9 Å². The lowest BCUT2D eigenvalue weighted by atomic mass is 10.0. The van der Waals surface area contributed by atoms with Gasteiger partial charge in [0.1, 0.15) is 6.10 Å². The predicted molar refractivity (Wildman–Crippen MR) is 132 cm³/mol. The molecule has 33 heavy (non-hydrogen) atoms. The van der Waals surface area contributed by atoms with Crippen LogP contribution >= 0.6 is 0 Å². The summed E-state index contributed by atoms with van der Waals surface area (Å²) in [5.41, 5.74) is 3.91. The minimum Gasteiger partial charge on any atom is -0.446 e. The van der Waals surface area contributed by atoms with Gasteiger partial charge in [-0.15, -0.1) is 0 Å². The minimum absolute atomic E-state index is 0.0450. The number of benzene rings is 2. The molecule has 0 aliphatic carbocycles. The molecule has 0 unspecified atom stereocenters. The Kier molecular flexibility index (Phi) is 8.06. The molecule has 1 fully saturated rings. The third kappa shape index (κ3) is 6.88. The van der Waals surface area contributed by atoms with Gasteiger partial charge in [0.15, 0.2) is 0 Å². The van der Waals surface area contributed by atoms with E-state index in [2.05, 4.69) is 33.2 Å². The van der Waals surface area contributed by atoms with Crippen LogP contribution in [0.25, 0.3) is 11.1 Å². The van der Waals surface area contributed by atoms with E-state index in [1.165, 1.54) is 0 Å². The van der Waals surface area contributed by atoms with Gasteiger partial charge in [-0.05, 0) is 43.7 Å². The fourth-order valence-corrected chi connectivity index (χ4v) is 4.16. The Morgan fingerprint density at radius 1 is 1.03 bits per heavy atom. The largest absolute Gasteiger partial charge is 0.446 e. The fourth-order valence-electron chi connectivity index (χ4n) is 4.16. The Balaban J connectivity index is 1.20.